The summed E-state index contributed by atoms with van der Waals surface area (Å²) in [5.41, 5.74) is 2.17. The number of nitrogens with zero attached hydrogens (tertiary/aromatic N) is 2. The van der Waals surface area contributed by atoms with Crippen molar-refractivity contribution in [3.63, 3.8) is 0 Å². The summed E-state index contributed by atoms with van der Waals surface area (Å²) in [6.45, 7) is 0.538. The highest BCUT2D eigenvalue weighted by Gasteiger charge is 2.41. The lowest BCUT2D eigenvalue weighted by molar-refractivity contribution is 0.104. The normalized spacial score (nSPS) is 16.8. The molecule has 0 spiro atoms. The van der Waals surface area contributed by atoms with Crippen LogP contribution >= 0.6 is 11.3 Å². The van der Waals surface area contributed by atoms with Gasteiger partial charge in [-0.1, -0.05) is 36.4 Å². The molecule has 142 valence electrons. The van der Waals surface area contributed by atoms with Gasteiger partial charge in [-0.15, -0.1) is 11.3 Å². The third-order valence-corrected chi connectivity index (χ3v) is 7.01. The van der Waals surface area contributed by atoms with Crippen molar-refractivity contribution >= 4 is 32.8 Å². The summed E-state index contributed by atoms with van der Waals surface area (Å²) in [5, 5.41) is 4.68. The highest BCUT2D eigenvalue weighted by molar-refractivity contribution is 7.97. The van der Waals surface area contributed by atoms with E-state index in [4.69, 9.17) is 0 Å². The lowest BCUT2D eigenvalue weighted by atomic mass is 10.2. The molecule has 0 atom stereocenters. The van der Waals surface area contributed by atoms with Crippen LogP contribution in [0.25, 0.3) is 0 Å². The van der Waals surface area contributed by atoms with Crippen LogP contribution in [0.3, 0.4) is 0 Å². The minimum atomic E-state index is -3.98. The number of anilines is 1. The molecule has 2 aromatic heterocycles. The van der Waals surface area contributed by atoms with E-state index in [-0.39, 0.29) is 11.4 Å². The van der Waals surface area contributed by atoms with Crippen LogP contribution in [-0.2, 0) is 23.1 Å². The van der Waals surface area contributed by atoms with Gasteiger partial charge in [-0.2, -0.15) is 0 Å². The Kier molecular flexibility index (Phi) is 4.97. The maximum Gasteiger partial charge on any atom is 0.270 e. The van der Waals surface area contributed by atoms with Gasteiger partial charge in [0.1, 0.15) is 4.88 Å². The number of nitrogens with one attached hydrogen (secondary N) is 1. The molecule has 1 aromatic carbocycles. The maximum absolute atomic E-state index is 13.2. The number of ketones is 1. The number of aromatic nitrogens is 1. The number of thiophene rings is 1. The predicted molar refractivity (Wildman–Crippen MR) is 109 cm³/mol. The third kappa shape index (κ3) is 3.44. The van der Waals surface area contributed by atoms with Gasteiger partial charge in [0.15, 0.2) is 4.91 Å². The average molecular weight is 412 g/mol. The number of benzene rings is 1. The summed E-state index contributed by atoms with van der Waals surface area (Å²) in [6.07, 6.45) is 4.64. The van der Waals surface area contributed by atoms with Gasteiger partial charge in [-0.05, 0) is 28.6 Å². The standard InChI is InChI=1S/C20H17N3O3S2/c24-19-18(13-22-12-16-7-4-9-21-11-16)28(25,26)23(17-8-10-27-20(17)19)14-15-5-2-1-3-6-15/h1-11,13,22H,12,14H2. The quantitative estimate of drug-likeness (QED) is 0.652. The highest BCUT2D eigenvalue weighted by Crippen LogP contribution is 2.39. The smallest absolute Gasteiger partial charge is 0.270 e. The van der Waals surface area contributed by atoms with Crippen LogP contribution in [0.15, 0.2) is 77.4 Å². The molecule has 1 aliphatic heterocycles. The molecule has 1 aliphatic rings. The summed E-state index contributed by atoms with van der Waals surface area (Å²) in [4.78, 5) is 17.0. The van der Waals surface area contributed by atoms with Crippen molar-refractivity contribution in [3.8, 4) is 0 Å². The van der Waals surface area contributed by atoms with E-state index in [9.17, 15) is 13.2 Å². The monoisotopic (exact) mass is 411 g/mol. The van der Waals surface area contributed by atoms with E-state index in [1.54, 1.807) is 29.9 Å². The van der Waals surface area contributed by atoms with Gasteiger partial charge >= 0.3 is 0 Å². The van der Waals surface area contributed by atoms with E-state index in [0.29, 0.717) is 17.1 Å². The zero-order chi connectivity index (χ0) is 19.6. The number of Topliss-reactive ketones (excluding diaryl/α,β-unsaturated/α-hetero) is 1. The van der Waals surface area contributed by atoms with Crippen LogP contribution in [0.4, 0.5) is 5.69 Å². The van der Waals surface area contributed by atoms with Crippen LogP contribution in [0.1, 0.15) is 20.8 Å². The highest BCUT2D eigenvalue weighted by atomic mass is 32.2. The molecule has 0 bridgehead atoms. The van der Waals surface area contributed by atoms with Crippen molar-refractivity contribution in [3.05, 3.63) is 93.4 Å². The third-order valence-electron chi connectivity index (χ3n) is 4.34. The van der Waals surface area contributed by atoms with Gasteiger partial charge < -0.3 is 5.32 Å². The van der Waals surface area contributed by atoms with E-state index in [1.807, 2.05) is 36.4 Å². The first-order chi connectivity index (χ1) is 13.6. The number of carbonyl (C=O) groups is 1. The maximum atomic E-state index is 13.2. The Morgan fingerprint density at radius 2 is 1.86 bits per heavy atom. The first kappa shape index (κ1) is 18.4. The molecule has 0 saturated carbocycles. The fraction of sp³-hybridized carbons (Fsp3) is 0.100. The van der Waals surface area contributed by atoms with E-state index in [2.05, 4.69) is 10.3 Å². The van der Waals surface area contributed by atoms with Crippen LogP contribution in [-0.4, -0.2) is 19.2 Å². The molecule has 0 radical (unpaired) electrons. The van der Waals surface area contributed by atoms with E-state index in [0.717, 1.165) is 11.1 Å². The van der Waals surface area contributed by atoms with Crippen LogP contribution in [0.2, 0.25) is 0 Å². The number of pyridine rings is 1. The molecule has 0 fully saturated rings. The minimum Gasteiger partial charge on any atom is -0.386 e. The summed E-state index contributed by atoms with van der Waals surface area (Å²) in [6, 6.07) is 14.7. The molecule has 3 heterocycles. The number of hydrogen-bond donors (Lipinski definition) is 1. The second kappa shape index (κ2) is 7.57. The Labute approximate surface area is 167 Å². The second-order valence-corrected chi connectivity index (χ2v) is 8.96. The molecule has 3 aromatic rings. The predicted octanol–water partition coefficient (Wildman–Crippen LogP) is 3.31. The van der Waals surface area contributed by atoms with Gasteiger partial charge in [0, 0.05) is 25.1 Å². The van der Waals surface area contributed by atoms with Gasteiger partial charge in [-0.25, -0.2) is 8.42 Å². The fourth-order valence-corrected chi connectivity index (χ4v) is 5.48. The van der Waals surface area contributed by atoms with Gasteiger partial charge in [0.2, 0.25) is 5.78 Å². The van der Waals surface area contributed by atoms with Crippen molar-refractivity contribution in [2.24, 2.45) is 0 Å². The van der Waals surface area contributed by atoms with Crippen molar-refractivity contribution in [1.29, 1.82) is 0 Å². The first-order valence-electron chi connectivity index (χ1n) is 8.58. The first-order valence-corrected chi connectivity index (χ1v) is 10.9. The van der Waals surface area contributed by atoms with Gasteiger partial charge in [0.05, 0.1) is 12.2 Å². The van der Waals surface area contributed by atoms with Crippen molar-refractivity contribution in [2.45, 2.75) is 13.1 Å². The topological polar surface area (TPSA) is 79.4 Å². The molecular weight excluding hydrogens is 394 g/mol. The molecule has 4 rings (SSSR count). The van der Waals surface area contributed by atoms with Crippen LogP contribution in [0.5, 0.6) is 0 Å². The Bertz CT molecular complexity index is 1120. The average Bonchev–Trinajstić information content (AvgIpc) is 3.19. The summed E-state index contributed by atoms with van der Waals surface area (Å²) in [7, 11) is -3.98. The second-order valence-electron chi connectivity index (χ2n) is 6.21. The Morgan fingerprint density at radius 3 is 2.61 bits per heavy atom. The van der Waals surface area contributed by atoms with E-state index in [1.165, 1.54) is 21.8 Å². The van der Waals surface area contributed by atoms with Crippen molar-refractivity contribution in [1.82, 2.24) is 10.3 Å². The number of hydrogen-bond acceptors (Lipinski definition) is 6. The van der Waals surface area contributed by atoms with Gasteiger partial charge in [0.25, 0.3) is 10.0 Å². The number of carbonyl (C=O) groups excluding carboxylic acids is 1. The van der Waals surface area contributed by atoms with Crippen LogP contribution in [0, 0.1) is 0 Å². The van der Waals surface area contributed by atoms with Crippen molar-refractivity contribution in [2.75, 3.05) is 4.31 Å². The largest absolute Gasteiger partial charge is 0.386 e. The Balaban J connectivity index is 1.67. The summed E-state index contributed by atoms with van der Waals surface area (Å²) < 4.78 is 27.7. The number of rotatable bonds is 5. The molecule has 6 nitrogen and oxygen atoms in total. The molecular formula is C20H17N3O3S2. The fourth-order valence-electron chi connectivity index (χ4n) is 2.97. The molecule has 0 aliphatic carbocycles. The van der Waals surface area contributed by atoms with Crippen molar-refractivity contribution < 1.29 is 13.2 Å². The summed E-state index contributed by atoms with van der Waals surface area (Å²) >= 11 is 1.25. The lowest BCUT2D eigenvalue weighted by Gasteiger charge is -2.29. The molecule has 0 amide bonds. The van der Waals surface area contributed by atoms with E-state index < -0.39 is 15.8 Å². The van der Waals surface area contributed by atoms with Gasteiger partial charge in [-0.3, -0.25) is 14.1 Å². The summed E-state index contributed by atoms with van der Waals surface area (Å²) in [5.74, 6) is -0.479. The van der Waals surface area contributed by atoms with E-state index >= 15 is 0 Å². The molecule has 8 heteroatoms. The Morgan fingerprint density at radius 1 is 1.07 bits per heavy atom. The number of sulfonamides is 1. The minimum absolute atomic E-state index is 0.167. The Hall–Kier alpha value is -2.97. The number of allylic oxidation sites excluding steroid dienone is 1. The molecule has 0 saturated heterocycles. The zero-order valence-electron chi connectivity index (χ0n) is 14.8. The molecule has 28 heavy (non-hydrogen) atoms. The molecule has 0 unspecified atom stereocenters. The number of fused-ring (bicyclic) bond motifs is 1. The molecule has 1 N–H and O–H groups in total. The SMILES string of the molecule is O=C1C(=CNCc2cccnc2)S(=O)(=O)N(Cc2ccccc2)c2ccsc21. The zero-order valence-corrected chi connectivity index (χ0v) is 16.4. The van der Waals surface area contributed by atoms with Crippen LogP contribution < -0.4 is 9.62 Å². The lowest BCUT2D eigenvalue weighted by Crippen LogP contribution is -2.38.